The van der Waals surface area contributed by atoms with E-state index in [4.69, 9.17) is 4.74 Å². The maximum Gasteiger partial charge on any atom is 0.125 e. The van der Waals surface area contributed by atoms with Crippen LogP contribution < -0.4 is 4.74 Å². The third-order valence-electron chi connectivity index (χ3n) is 3.28. The molecule has 3 rings (SSSR count). The topological polar surface area (TPSA) is 29.5 Å². The first-order valence-electron chi connectivity index (χ1n) is 6.78. The van der Waals surface area contributed by atoms with E-state index in [-0.39, 0.29) is 5.82 Å². The summed E-state index contributed by atoms with van der Waals surface area (Å²) in [7, 11) is 0. The van der Waals surface area contributed by atoms with Gasteiger partial charge in [-0.1, -0.05) is 18.2 Å². The minimum Gasteiger partial charge on any atom is -0.493 e. The molecule has 21 heavy (non-hydrogen) atoms. The van der Waals surface area contributed by atoms with E-state index in [1.165, 1.54) is 23.5 Å². The second-order valence-electron chi connectivity index (χ2n) is 4.70. The number of hydrogen-bond donors (Lipinski definition) is 1. The number of aliphatic hydroxyl groups is 1. The summed E-state index contributed by atoms with van der Waals surface area (Å²) < 4.78 is 19.8. The lowest BCUT2D eigenvalue weighted by Crippen LogP contribution is -2.02. The molecule has 0 aliphatic heterocycles. The van der Waals surface area contributed by atoms with Gasteiger partial charge in [-0.05, 0) is 42.6 Å². The van der Waals surface area contributed by atoms with Gasteiger partial charge in [0.1, 0.15) is 17.7 Å². The molecule has 0 saturated heterocycles. The van der Waals surface area contributed by atoms with Crippen LogP contribution in [0.25, 0.3) is 10.1 Å². The lowest BCUT2D eigenvalue weighted by molar-refractivity contribution is 0.215. The summed E-state index contributed by atoms with van der Waals surface area (Å²) in [6, 6.07) is 13.9. The number of ether oxygens (including phenoxy) is 1. The molecule has 2 aromatic carbocycles. The van der Waals surface area contributed by atoms with Crippen molar-refractivity contribution in [2.75, 3.05) is 6.61 Å². The summed E-state index contributed by atoms with van der Waals surface area (Å²) in [5.41, 5.74) is 0.728. The smallest absolute Gasteiger partial charge is 0.125 e. The van der Waals surface area contributed by atoms with Gasteiger partial charge in [0.25, 0.3) is 0 Å². The molecule has 2 nitrogen and oxygen atoms in total. The zero-order valence-corrected chi connectivity index (χ0v) is 12.4. The molecule has 108 valence electrons. The third kappa shape index (κ3) is 2.77. The van der Waals surface area contributed by atoms with Gasteiger partial charge in [0, 0.05) is 15.1 Å². The molecule has 1 atom stereocenters. The van der Waals surface area contributed by atoms with Crippen molar-refractivity contribution in [1.82, 2.24) is 0 Å². The van der Waals surface area contributed by atoms with Crippen molar-refractivity contribution in [2.45, 2.75) is 13.0 Å². The van der Waals surface area contributed by atoms with Crippen molar-refractivity contribution < 1.29 is 14.2 Å². The van der Waals surface area contributed by atoms with Crippen LogP contribution in [0.1, 0.15) is 23.5 Å². The van der Waals surface area contributed by atoms with Crippen LogP contribution in [0.3, 0.4) is 0 Å². The molecule has 0 amide bonds. The van der Waals surface area contributed by atoms with Crippen molar-refractivity contribution in [3.05, 3.63) is 64.8 Å². The quantitative estimate of drug-likeness (QED) is 0.767. The Bertz CT molecular complexity index is 766. The fourth-order valence-electron chi connectivity index (χ4n) is 2.32. The van der Waals surface area contributed by atoms with E-state index in [0.717, 1.165) is 20.5 Å². The summed E-state index contributed by atoms with van der Waals surface area (Å²) in [6.07, 6.45) is -0.770. The molecule has 0 radical (unpaired) electrons. The molecule has 0 fully saturated rings. The van der Waals surface area contributed by atoms with Gasteiger partial charge in [-0.25, -0.2) is 4.39 Å². The minimum absolute atomic E-state index is 0.268. The second kappa shape index (κ2) is 5.84. The average Bonchev–Trinajstić information content (AvgIpc) is 2.90. The lowest BCUT2D eigenvalue weighted by atomic mass is 10.1. The Morgan fingerprint density at radius 1 is 1.19 bits per heavy atom. The summed E-state index contributed by atoms with van der Waals surface area (Å²) in [6.45, 7) is 2.45. The van der Waals surface area contributed by atoms with E-state index in [9.17, 15) is 9.50 Å². The summed E-state index contributed by atoms with van der Waals surface area (Å²) in [4.78, 5) is 0.780. The lowest BCUT2D eigenvalue weighted by Gasteiger charge is -2.14. The van der Waals surface area contributed by atoms with Crippen molar-refractivity contribution in [2.24, 2.45) is 0 Å². The predicted octanol–water partition coefficient (Wildman–Crippen LogP) is 4.52. The van der Waals surface area contributed by atoms with Crippen LogP contribution in [0.4, 0.5) is 4.39 Å². The Kier molecular flexibility index (Phi) is 3.90. The zero-order chi connectivity index (χ0) is 14.8. The van der Waals surface area contributed by atoms with Gasteiger partial charge in [0.15, 0.2) is 0 Å². The molecule has 4 heteroatoms. The Balaban J connectivity index is 2.02. The van der Waals surface area contributed by atoms with E-state index in [2.05, 4.69) is 0 Å². The average molecular weight is 302 g/mol. The molecule has 0 aliphatic carbocycles. The number of benzene rings is 2. The van der Waals surface area contributed by atoms with Crippen LogP contribution in [-0.4, -0.2) is 11.7 Å². The Morgan fingerprint density at radius 3 is 2.81 bits per heavy atom. The van der Waals surface area contributed by atoms with E-state index in [1.807, 2.05) is 37.3 Å². The molecule has 0 bridgehead atoms. The van der Waals surface area contributed by atoms with Gasteiger partial charge >= 0.3 is 0 Å². The summed E-state index contributed by atoms with van der Waals surface area (Å²) >= 11 is 1.46. The molecule has 3 aromatic rings. The van der Waals surface area contributed by atoms with Crippen LogP contribution in [0.2, 0.25) is 0 Å². The first-order valence-corrected chi connectivity index (χ1v) is 7.59. The highest BCUT2D eigenvalue weighted by Crippen LogP contribution is 2.36. The molecule has 1 unspecified atom stereocenters. The minimum atomic E-state index is -0.770. The standard InChI is InChI=1S/C17H15FO2S/c1-2-20-14-6-4-3-5-13(14)17(19)16-10-11-9-12(18)7-8-15(11)21-16/h3-10,17,19H,2H2,1H3. The van der Waals surface area contributed by atoms with Crippen LogP contribution in [-0.2, 0) is 0 Å². The van der Waals surface area contributed by atoms with Gasteiger partial charge in [0.05, 0.1) is 6.61 Å². The van der Waals surface area contributed by atoms with Crippen LogP contribution in [0, 0.1) is 5.82 Å². The highest BCUT2D eigenvalue weighted by atomic mass is 32.1. The number of halogens is 1. The van der Waals surface area contributed by atoms with Crippen molar-refractivity contribution in [3.8, 4) is 5.75 Å². The Morgan fingerprint density at radius 2 is 2.00 bits per heavy atom. The van der Waals surface area contributed by atoms with Gasteiger partial charge in [-0.3, -0.25) is 0 Å². The third-order valence-corrected chi connectivity index (χ3v) is 4.45. The van der Waals surface area contributed by atoms with Crippen molar-refractivity contribution in [1.29, 1.82) is 0 Å². The van der Waals surface area contributed by atoms with E-state index in [1.54, 1.807) is 6.07 Å². The molecule has 0 aliphatic rings. The number of aliphatic hydroxyl groups excluding tert-OH is 1. The van der Waals surface area contributed by atoms with Crippen molar-refractivity contribution >= 4 is 21.4 Å². The first kappa shape index (κ1) is 14.0. The van der Waals surface area contributed by atoms with E-state index in [0.29, 0.717) is 12.4 Å². The molecule has 1 aromatic heterocycles. The fraction of sp³-hybridized carbons (Fsp3) is 0.176. The molecule has 1 heterocycles. The van der Waals surface area contributed by atoms with Crippen LogP contribution >= 0.6 is 11.3 Å². The number of hydrogen-bond acceptors (Lipinski definition) is 3. The van der Waals surface area contributed by atoms with Gasteiger partial charge < -0.3 is 9.84 Å². The SMILES string of the molecule is CCOc1ccccc1C(O)c1cc2cc(F)ccc2s1. The van der Waals surface area contributed by atoms with Gasteiger partial charge in [-0.2, -0.15) is 0 Å². The highest BCUT2D eigenvalue weighted by Gasteiger charge is 2.17. The maximum absolute atomic E-state index is 13.3. The van der Waals surface area contributed by atoms with E-state index < -0.39 is 6.10 Å². The van der Waals surface area contributed by atoms with Crippen LogP contribution in [0.5, 0.6) is 5.75 Å². The summed E-state index contributed by atoms with van der Waals surface area (Å²) in [5.74, 6) is 0.409. The Labute approximate surface area is 126 Å². The molecular weight excluding hydrogens is 287 g/mol. The number of fused-ring (bicyclic) bond motifs is 1. The molecule has 1 N–H and O–H groups in total. The van der Waals surface area contributed by atoms with E-state index >= 15 is 0 Å². The van der Waals surface area contributed by atoms with Gasteiger partial charge in [-0.15, -0.1) is 11.3 Å². The zero-order valence-electron chi connectivity index (χ0n) is 11.5. The molecular formula is C17H15FO2S. The maximum atomic E-state index is 13.3. The largest absolute Gasteiger partial charge is 0.493 e. The van der Waals surface area contributed by atoms with Gasteiger partial charge in [0.2, 0.25) is 0 Å². The monoisotopic (exact) mass is 302 g/mol. The predicted molar refractivity (Wildman–Crippen MR) is 83.5 cm³/mol. The Hall–Kier alpha value is -1.91. The number of rotatable bonds is 4. The number of thiophene rings is 1. The second-order valence-corrected chi connectivity index (χ2v) is 5.82. The fourth-order valence-corrected chi connectivity index (χ4v) is 3.37. The molecule has 0 spiro atoms. The highest BCUT2D eigenvalue weighted by molar-refractivity contribution is 7.19. The summed E-state index contributed by atoms with van der Waals surface area (Å²) in [5, 5.41) is 11.4. The normalized spacial score (nSPS) is 12.5. The molecule has 0 saturated carbocycles. The number of para-hydroxylation sites is 1. The van der Waals surface area contributed by atoms with Crippen LogP contribution in [0.15, 0.2) is 48.5 Å². The van der Waals surface area contributed by atoms with Crippen molar-refractivity contribution in [3.63, 3.8) is 0 Å². The first-order chi connectivity index (χ1) is 10.2.